The fourth-order valence-electron chi connectivity index (χ4n) is 2.04. The summed E-state index contributed by atoms with van der Waals surface area (Å²) in [6, 6.07) is 4.20. The van der Waals surface area contributed by atoms with Gasteiger partial charge >= 0.3 is 0 Å². The van der Waals surface area contributed by atoms with Gasteiger partial charge in [0, 0.05) is 17.7 Å². The molecule has 2 amide bonds. The summed E-state index contributed by atoms with van der Waals surface area (Å²) in [7, 11) is 0. The van der Waals surface area contributed by atoms with E-state index in [1.165, 1.54) is 6.07 Å². The van der Waals surface area contributed by atoms with Crippen molar-refractivity contribution in [2.24, 2.45) is 0 Å². The largest absolute Gasteiger partial charge is 0.384 e. The Morgan fingerprint density at radius 2 is 2.33 bits per heavy atom. The lowest BCUT2D eigenvalue weighted by molar-refractivity contribution is -0.124. The summed E-state index contributed by atoms with van der Waals surface area (Å²) in [5.74, 6) is 4.67. The van der Waals surface area contributed by atoms with Gasteiger partial charge in [0.2, 0.25) is 5.91 Å². The van der Waals surface area contributed by atoms with Crippen molar-refractivity contribution < 1.29 is 14.7 Å². The Balaban J connectivity index is 2.09. The molecular formula is C15H15ClN2O3. The fraction of sp³-hybridized carbons (Fsp3) is 0.333. The summed E-state index contributed by atoms with van der Waals surface area (Å²) in [5.41, 5.74) is 0.908. The molecule has 1 unspecified atom stereocenters. The van der Waals surface area contributed by atoms with E-state index in [9.17, 15) is 9.59 Å². The maximum atomic E-state index is 12.1. The lowest BCUT2D eigenvalue weighted by atomic mass is 10.1. The monoisotopic (exact) mass is 306 g/mol. The average molecular weight is 307 g/mol. The predicted octanol–water partition coefficient (Wildman–Crippen LogP) is 0.692. The van der Waals surface area contributed by atoms with Crippen LogP contribution < -0.4 is 10.6 Å². The molecule has 0 bridgehead atoms. The molecule has 0 aromatic heterocycles. The number of rotatable bonds is 2. The van der Waals surface area contributed by atoms with Gasteiger partial charge < -0.3 is 15.7 Å². The van der Waals surface area contributed by atoms with Crippen molar-refractivity contribution in [3.8, 4) is 11.8 Å². The summed E-state index contributed by atoms with van der Waals surface area (Å²) >= 11 is 6.04. The predicted molar refractivity (Wildman–Crippen MR) is 78.9 cm³/mol. The molecule has 1 fully saturated rings. The zero-order chi connectivity index (χ0) is 15.2. The van der Waals surface area contributed by atoms with Crippen molar-refractivity contribution in [3.63, 3.8) is 0 Å². The second kappa shape index (κ2) is 7.11. The molecule has 0 aliphatic carbocycles. The first-order valence-corrected chi connectivity index (χ1v) is 6.97. The number of halogens is 1. The van der Waals surface area contributed by atoms with Crippen LogP contribution in [0.1, 0.15) is 28.8 Å². The Kier molecular flexibility index (Phi) is 5.20. The van der Waals surface area contributed by atoms with E-state index >= 15 is 0 Å². The van der Waals surface area contributed by atoms with Crippen LogP contribution in [0.4, 0.5) is 0 Å². The molecule has 1 saturated heterocycles. The summed E-state index contributed by atoms with van der Waals surface area (Å²) in [6.07, 6.45) is 1.47. The van der Waals surface area contributed by atoms with E-state index in [2.05, 4.69) is 22.5 Å². The minimum absolute atomic E-state index is 0.161. The third-order valence-electron chi connectivity index (χ3n) is 3.12. The highest BCUT2D eigenvalue weighted by molar-refractivity contribution is 6.32. The highest BCUT2D eigenvalue weighted by atomic mass is 35.5. The van der Waals surface area contributed by atoms with Crippen LogP contribution in [0.5, 0.6) is 0 Å². The van der Waals surface area contributed by atoms with Gasteiger partial charge in [0.05, 0.1) is 5.02 Å². The Morgan fingerprint density at radius 1 is 1.52 bits per heavy atom. The maximum absolute atomic E-state index is 12.1. The molecule has 1 aromatic rings. The molecule has 1 heterocycles. The van der Waals surface area contributed by atoms with E-state index in [1.807, 2.05) is 0 Å². The zero-order valence-electron chi connectivity index (χ0n) is 11.3. The van der Waals surface area contributed by atoms with Gasteiger partial charge in [-0.05, 0) is 31.0 Å². The van der Waals surface area contributed by atoms with E-state index in [-0.39, 0.29) is 18.4 Å². The van der Waals surface area contributed by atoms with Crippen LogP contribution >= 0.6 is 11.6 Å². The van der Waals surface area contributed by atoms with Crippen LogP contribution in [0, 0.1) is 11.8 Å². The van der Waals surface area contributed by atoms with Crippen molar-refractivity contribution in [2.75, 3.05) is 13.2 Å². The quantitative estimate of drug-likeness (QED) is 0.704. The smallest absolute Gasteiger partial charge is 0.251 e. The van der Waals surface area contributed by atoms with E-state index in [1.54, 1.807) is 12.1 Å². The topological polar surface area (TPSA) is 78.4 Å². The molecule has 1 aliphatic heterocycles. The van der Waals surface area contributed by atoms with Crippen LogP contribution in [-0.4, -0.2) is 36.1 Å². The third-order valence-corrected chi connectivity index (χ3v) is 3.44. The van der Waals surface area contributed by atoms with Gasteiger partial charge in [-0.2, -0.15) is 0 Å². The number of aliphatic hydroxyl groups is 1. The number of nitrogens with one attached hydrogen (secondary N) is 2. The van der Waals surface area contributed by atoms with Crippen molar-refractivity contribution in [1.29, 1.82) is 0 Å². The minimum atomic E-state index is -0.501. The van der Waals surface area contributed by atoms with Crippen molar-refractivity contribution >= 4 is 23.4 Å². The molecular weight excluding hydrogens is 292 g/mol. The van der Waals surface area contributed by atoms with E-state index in [0.717, 1.165) is 6.42 Å². The van der Waals surface area contributed by atoms with Gasteiger partial charge in [0.25, 0.3) is 5.91 Å². The van der Waals surface area contributed by atoms with E-state index in [0.29, 0.717) is 29.1 Å². The number of aliphatic hydroxyl groups excluding tert-OH is 1. The summed E-state index contributed by atoms with van der Waals surface area (Å²) in [5, 5.41) is 14.4. The second-order valence-electron chi connectivity index (χ2n) is 4.61. The standard InChI is InChI=1S/C15H15ClN2O3/c16-12-9-11(6-5-10(12)3-2-8-19)14(20)18-13-4-1-7-17-15(13)21/h5-6,9,13,19H,1,4,7-8H2,(H,17,21)(H,18,20). The van der Waals surface area contributed by atoms with Crippen LogP contribution in [0.3, 0.4) is 0 Å². The molecule has 6 heteroatoms. The molecule has 0 saturated carbocycles. The Bertz CT molecular complexity index is 619. The fourth-order valence-corrected chi connectivity index (χ4v) is 2.27. The Hall–Kier alpha value is -2.03. The third kappa shape index (κ3) is 3.97. The number of amides is 2. The number of piperidine rings is 1. The van der Waals surface area contributed by atoms with Gasteiger partial charge in [-0.25, -0.2) is 0 Å². The molecule has 1 aliphatic rings. The number of benzene rings is 1. The summed E-state index contributed by atoms with van der Waals surface area (Å²) < 4.78 is 0. The number of hydrogen-bond donors (Lipinski definition) is 3. The Morgan fingerprint density at radius 3 is 3.00 bits per heavy atom. The highest BCUT2D eigenvalue weighted by Gasteiger charge is 2.24. The second-order valence-corrected chi connectivity index (χ2v) is 5.02. The molecule has 110 valence electrons. The SMILES string of the molecule is O=C(NC1CCCNC1=O)c1ccc(C#CCO)c(Cl)c1. The first-order chi connectivity index (χ1) is 10.1. The molecule has 0 spiro atoms. The molecule has 0 radical (unpaired) electrons. The van der Waals surface area contributed by atoms with Gasteiger partial charge in [0.15, 0.2) is 0 Å². The van der Waals surface area contributed by atoms with Gasteiger partial charge in [0.1, 0.15) is 12.6 Å². The summed E-state index contributed by atoms with van der Waals surface area (Å²) in [4.78, 5) is 23.7. The zero-order valence-corrected chi connectivity index (χ0v) is 12.0. The number of carbonyl (C=O) groups excluding carboxylic acids is 2. The molecule has 2 rings (SSSR count). The number of hydrogen-bond acceptors (Lipinski definition) is 3. The first-order valence-electron chi connectivity index (χ1n) is 6.59. The normalized spacial score (nSPS) is 17.4. The minimum Gasteiger partial charge on any atom is -0.384 e. The van der Waals surface area contributed by atoms with Gasteiger partial charge in [-0.1, -0.05) is 23.4 Å². The highest BCUT2D eigenvalue weighted by Crippen LogP contribution is 2.17. The van der Waals surface area contributed by atoms with Crippen molar-refractivity contribution in [2.45, 2.75) is 18.9 Å². The molecule has 5 nitrogen and oxygen atoms in total. The van der Waals surface area contributed by atoms with Crippen LogP contribution in [0.2, 0.25) is 5.02 Å². The number of carbonyl (C=O) groups is 2. The van der Waals surface area contributed by atoms with Crippen LogP contribution in [0.15, 0.2) is 18.2 Å². The first kappa shape index (κ1) is 15.4. The lowest BCUT2D eigenvalue weighted by Gasteiger charge is -2.22. The molecule has 1 atom stereocenters. The molecule has 3 N–H and O–H groups in total. The van der Waals surface area contributed by atoms with Crippen LogP contribution in [-0.2, 0) is 4.79 Å². The van der Waals surface area contributed by atoms with Crippen LogP contribution in [0.25, 0.3) is 0 Å². The molecule has 1 aromatic carbocycles. The van der Waals surface area contributed by atoms with E-state index in [4.69, 9.17) is 16.7 Å². The van der Waals surface area contributed by atoms with Crippen molar-refractivity contribution in [1.82, 2.24) is 10.6 Å². The average Bonchev–Trinajstić information content (AvgIpc) is 2.48. The van der Waals surface area contributed by atoms with Crippen molar-refractivity contribution in [3.05, 3.63) is 34.3 Å². The van der Waals surface area contributed by atoms with Gasteiger partial charge in [-0.3, -0.25) is 9.59 Å². The maximum Gasteiger partial charge on any atom is 0.251 e. The van der Waals surface area contributed by atoms with E-state index < -0.39 is 6.04 Å². The Labute approximate surface area is 127 Å². The van der Waals surface area contributed by atoms with Gasteiger partial charge in [-0.15, -0.1) is 0 Å². The lowest BCUT2D eigenvalue weighted by Crippen LogP contribution is -2.50. The molecule has 21 heavy (non-hydrogen) atoms. The summed E-state index contributed by atoms with van der Waals surface area (Å²) in [6.45, 7) is 0.393.